The van der Waals surface area contributed by atoms with Gasteiger partial charge in [-0.3, -0.25) is 9.59 Å². The standard InChI is InChI=1S/C16H21F3N2O3/c1-2-5-11(8-9-22)10-20-14(23)15(24)21-13-7-4-3-6-12(13)16(17,18)19/h3-4,6-7,11,22H,2,5,8-10H2,1H3,(H,20,23)(H,21,24). The lowest BCUT2D eigenvalue weighted by Gasteiger charge is -2.16. The van der Waals surface area contributed by atoms with Crippen LogP contribution in [0.5, 0.6) is 0 Å². The summed E-state index contributed by atoms with van der Waals surface area (Å²) in [4.78, 5) is 23.5. The van der Waals surface area contributed by atoms with Crippen molar-refractivity contribution in [3.8, 4) is 0 Å². The molecule has 1 aromatic rings. The first-order chi connectivity index (χ1) is 11.3. The van der Waals surface area contributed by atoms with E-state index < -0.39 is 29.2 Å². The average molecular weight is 346 g/mol. The normalized spacial score (nSPS) is 12.5. The molecule has 0 bridgehead atoms. The summed E-state index contributed by atoms with van der Waals surface area (Å²) in [7, 11) is 0. The fourth-order valence-corrected chi connectivity index (χ4v) is 2.27. The summed E-state index contributed by atoms with van der Waals surface area (Å²) >= 11 is 0. The van der Waals surface area contributed by atoms with Crippen molar-refractivity contribution in [2.75, 3.05) is 18.5 Å². The zero-order chi connectivity index (χ0) is 18.2. The second-order valence-electron chi connectivity index (χ2n) is 5.37. The van der Waals surface area contributed by atoms with Crippen LogP contribution in [-0.2, 0) is 15.8 Å². The molecule has 1 rings (SSSR count). The Bertz CT molecular complexity index is 556. The molecule has 5 nitrogen and oxygen atoms in total. The SMILES string of the molecule is CCCC(CCO)CNC(=O)C(=O)Nc1ccccc1C(F)(F)F. The molecular formula is C16H21F3N2O3. The number of anilines is 1. The zero-order valence-electron chi connectivity index (χ0n) is 13.3. The van der Waals surface area contributed by atoms with Crippen LogP contribution in [0.4, 0.5) is 18.9 Å². The molecule has 0 fully saturated rings. The van der Waals surface area contributed by atoms with Gasteiger partial charge in [-0.2, -0.15) is 13.2 Å². The van der Waals surface area contributed by atoms with Crippen LogP contribution in [0, 0.1) is 5.92 Å². The summed E-state index contributed by atoms with van der Waals surface area (Å²) in [6.07, 6.45) is -2.54. The summed E-state index contributed by atoms with van der Waals surface area (Å²) in [6, 6.07) is 4.44. The highest BCUT2D eigenvalue weighted by Crippen LogP contribution is 2.34. The lowest BCUT2D eigenvalue weighted by Crippen LogP contribution is -2.38. The third-order valence-corrected chi connectivity index (χ3v) is 3.47. The van der Waals surface area contributed by atoms with Gasteiger partial charge in [-0.05, 0) is 30.9 Å². The van der Waals surface area contributed by atoms with Crippen molar-refractivity contribution in [3.63, 3.8) is 0 Å². The van der Waals surface area contributed by atoms with Gasteiger partial charge in [0.25, 0.3) is 0 Å². The third-order valence-electron chi connectivity index (χ3n) is 3.47. The highest BCUT2D eigenvalue weighted by molar-refractivity contribution is 6.39. The van der Waals surface area contributed by atoms with Gasteiger partial charge in [-0.25, -0.2) is 0 Å². The number of aliphatic hydroxyl groups excluding tert-OH is 1. The number of hydrogen-bond acceptors (Lipinski definition) is 3. The molecule has 0 saturated heterocycles. The molecule has 8 heteroatoms. The first-order valence-corrected chi connectivity index (χ1v) is 7.65. The van der Waals surface area contributed by atoms with Gasteiger partial charge < -0.3 is 15.7 Å². The molecule has 0 heterocycles. The van der Waals surface area contributed by atoms with E-state index in [1.165, 1.54) is 12.1 Å². The number of nitrogens with one attached hydrogen (secondary N) is 2. The Morgan fingerprint density at radius 3 is 2.42 bits per heavy atom. The molecule has 1 unspecified atom stereocenters. The highest BCUT2D eigenvalue weighted by atomic mass is 19.4. The monoisotopic (exact) mass is 346 g/mol. The molecule has 0 aliphatic rings. The summed E-state index contributed by atoms with van der Waals surface area (Å²) in [5.41, 5.74) is -1.49. The quantitative estimate of drug-likeness (QED) is 0.664. The molecule has 134 valence electrons. The molecule has 0 aromatic heterocycles. The molecule has 2 amide bonds. The van der Waals surface area contributed by atoms with E-state index in [9.17, 15) is 22.8 Å². The molecule has 0 aliphatic carbocycles. The average Bonchev–Trinajstić information content (AvgIpc) is 2.52. The Morgan fingerprint density at radius 2 is 1.83 bits per heavy atom. The summed E-state index contributed by atoms with van der Waals surface area (Å²) in [6.45, 7) is 2.10. The van der Waals surface area contributed by atoms with E-state index in [2.05, 4.69) is 5.32 Å². The Hall–Kier alpha value is -2.09. The smallest absolute Gasteiger partial charge is 0.396 e. The van der Waals surface area contributed by atoms with E-state index in [-0.39, 0.29) is 19.1 Å². The number of benzene rings is 1. The van der Waals surface area contributed by atoms with E-state index in [1.54, 1.807) is 0 Å². The topological polar surface area (TPSA) is 78.4 Å². The van der Waals surface area contributed by atoms with Gasteiger partial charge in [-0.15, -0.1) is 0 Å². The number of carbonyl (C=O) groups is 2. The molecular weight excluding hydrogens is 325 g/mol. The lowest BCUT2D eigenvalue weighted by molar-refractivity contribution is -0.138. The van der Waals surface area contributed by atoms with E-state index >= 15 is 0 Å². The number of carbonyl (C=O) groups excluding carboxylic acids is 2. The third kappa shape index (κ3) is 6.19. The molecule has 0 aliphatic heterocycles. The number of rotatable bonds is 7. The van der Waals surface area contributed by atoms with Crippen LogP contribution in [0.25, 0.3) is 0 Å². The predicted octanol–water partition coefficient (Wildman–Crippen LogP) is 2.56. The zero-order valence-corrected chi connectivity index (χ0v) is 13.3. The van der Waals surface area contributed by atoms with Crippen LogP contribution in [0.3, 0.4) is 0 Å². The first kappa shape index (κ1) is 20.0. The molecule has 0 spiro atoms. The number of para-hydroxylation sites is 1. The Morgan fingerprint density at radius 1 is 1.17 bits per heavy atom. The largest absolute Gasteiger partial charge is 0.418 e. The number of hydrogen-bond donors (Lipinski definition) is 3. The summed E-state index contributed by atoms with van der Waals surface area (Å²) in [5.74, 6) is -2.16. The fourth-order valence-electron chi connectivity index (χ4n) is 2.27. The molecule has 0 saturated carbocycles. The summed E-state index contributed by atoms with van der Waals surface area (Å²) < 4.78 is 38.5. The van der Waals surface area contributed by atoms with Gasteiger partial charge in [0.05, 0.1) is 11.3 Å². The fraction of sp³-hybridized carbons (Fsp3) is 0.500. The second kappa shape index (κ2) is 9.27. The second-order valence-corrected chi connectivity index (χ2v) is 5.37. The highest BCUT2D eigenvalue weighted by Gasteiger charge is 2.34. The van der Waals surface area contributed by atoms with Crippen molar-refractivity contribution in [2.24, 2.45) is 5.92 Å². The number of halogens is 3. The minimum atomic E-state index is -4.63. The van der Waals surface area contributed by atoms with Crippen molar-refractivity contribution in [3.05, 3.63) is 29.8 Å². The van der Waals surface area contributed by atoms with Crippen molar-refractivity contribution in [2.45, 2.75) is 32.4 Å². The van der Waals surface area contributed by atoms with Crippen molar-refractivity contribution in [1.29, 1.82) is 0 Å². The van der Waals surface area contributed by atoms with E-state index in [0.717, 1.165) is 25.0 Å². The first-order valence-electron chi connectivity index (χ1n) is 7.65. The van der Waals surface area contributed by atoms with E-state index in [4.69, 9.17) is 5.11 Å². The molecule has 24 heavy (non-hydrogen) atoms. The Balaban J connectivity index is 2.67. The minimum Gasteiger partial charge on any atom is -0.396 e. The lowest BCUT2D eigenvalue weighted by atomic mass is 10.0. The molecule has 1 aromatic carbocycles. The van der Waals surface area contributed by atoms with Crippen LogP contribution in [-0.4, -0.2) is 30.1 Å². The maximum Gasteiger partial charge on any atom is 0.418 e. The predicted molar refractivity (Wildman–Crippen MR) is 83.2 cm³/mol. The van der Waals surface area contributed by atoms with Gasteiger partial charge in [0.15, 0.2) is 0 Å². The van der Waals surface area contributed by atoms with E-state index in [1.807, 2.05) is 12.2 Å². The number of amides is 2. The molecule has 1 atom stereocenters. The number of alkyl halides is 3. The molecule has 3 N–H and O–H groups in total. The van der Waals surface area contributed by atoms with Gasteiger partial charge in [0.1, 0.15) is 0 Å². The van der Waals surface area contributed by atoms with Crippen molar-refractivity contribution >= 4 is 17.5 Å². The van der Waals surface area contributed by atoms with E-state index in [0.29, 0.717) is 6.42 Å². The maximum absolute atomic E-state index is 12.8. The van der Waals surface area contributed by atoms with Crippen molar-refractivity contribution < 1.29 is 27.9 Å². The van der Waals surface area contributed by atoms with Crippen LogP contribution in [0.1, 0.15) is 31.7 Å². The van der Waals surface area contributed by atoms with Gasteiger partial charge in [0.2, 0.25) is 0 Å². The van der Waals surface area contributed by atoms with Crippen LogP contribution >= 0.6 is 0 Å². The van der Waals surface area contributed by atoms with Crippen LogP contribution in [0.2, 0.25) is 0 Å². The van der Waals surface area contributed by atoms with Crippen LogP contribution in [0.15, 0.2) is 24.3 Å². The Kier molecular flexibility index (Phi) is 7.70. The minimum absolute atomic E-state index is 0.0132. The van der Waals surface area contributed by atoms with Crippen molar-refractivity contribution in [1.82, 2.24) is 5.32 Å². The maximum atomic E-state index is 12.8. The van der Waals surface area contributed by atoms with Gasteiger partial charge in [0, 0.05) is 13.2 Å². The van der Waals surface area contributed by atoms with Crippen LogP contribution < -0.4 is 10.6 Å². The van der Waals surface area contributed by atoms with Gasteiger partial charge >= 0.3 is 18.0 Å². The number of aliphatic hydroxyl groups is 1. The van der Waals surface area contributed by atoms with Gasteiger partial charge in [-0.1, -0.05) is 25.5 Å². The Labute approximate surface area is 138 Å². The molecule has 0 radical (unpaired) electrons. The summed E-state index contributed by atoms with van der Waals surface area (Å²) in [5, 5.41) is 13.3.